The average molecular weight is 309 g/mol. The standard InChI is InChI=1S/C16H20FNO4/c1-10(15(19)18-11-5-3-4-6-11)22-16(20)13-8-7-12(21-2)9-14(13)17/h7-11H,3-6H2,1-2H3,(H,18,19)/t10-/m1/s1. The molecule has 1 atom stereocenters. The molecule has 0 spiro atoms. The molecule has 0 saturated heterocycles. The van der Waals surface area contributed by atoms with Crippen LogP contribution in [-0.2, 0) is 9.53 Å². The molecule has 0 bridgehead atoms. The summed E-state index contributed by atoms with van der Waals surface area (Å²) in [7, 11) is 1.40. The average Bonchev–Trinajstić information content (AvgIpc) is 2.99. The molecule has 0 aromatic heterocycles. The van der Waals surface area contributed by atoms with Crippen molar-refractivity contribution >= 4 is 11.9 Å². The number of esters is 1. The molecule has 1 aliphatic carbocycles. The number of hydrogen-bond acceptors (Lipinski definition) is 4. The molecular formula is C16H20FNO4. The fraction of sp³-hybridized carbons (Fsp3) is 0.500. The summed E-state index contributed by atoms with van der Waals surface area (Å²) in [6.45, 7) is 1.48. The Morgan fingerprint density at radius 2 is 2.00 bits per heavy atom. The highest BCUT2D eigenvalue weighted by Gasteiger charge is 2.24. The van der Waals surface area contributed by atoms with Crippen molar-refractivity contribution in [1.29, 1.82) is 0 Å². The number of nitrogens with one attached hydrogen (secondary N) is 1. The third-order valence-corrected chi connectivity index (χ3v) is 3.75. The Morgan fingerprint density at radius 3 is 2.59 bits per heavy atom. The minimum Gasteiger partial charge on any atom is -0.497 e. The van der Waals surface area contributed by atoms with Gasteiger partial charge in [0.2, 0.25) is 0 Å². The number of ether oxygens (including phenoxy) is 2. The molecule has 120 valence electrons. The highest BCUT2D eigenvalue weighted by atomic mass is 19.1. The van der Waals surface area contributed by atoms with Crippen LogP contribution in [0.1, 0.15) is 43.0 Å². The van der Waals surface area contributed by atoms with E-state index in [1.165, 1.54) is 26.2 Å². The van der Waals surface area contributed by atoms with Crippen LogP contribution in [0.25, 0.3) is 0 Å². The van der Waals surface area contributed by atoms with Gasteiger partial charge in [-0.2, -0.15) is 0 Å². The molecule has 1 N–H and O–H groups in total. The number of carbonyl (C=O) groups excluding carboxylic acids is 2. The summed E-state index contributed by atoms with van der Waals surface area (Å²) in [4.78, 5) is 23.9. The molecule has 1 aliphatic rings. The van der Waals surface area contributed by atoms with Crippen LogP contribution in [0.5, 0.6) is 5.75 Å². The van der Waals surface area contributed by atoms with Gasteiger partial charge in [-0.25, -0.2) is 9.18 Å². The molecule has 1 amide bonds. The van der Waals surface area contributed by atoms with E-state index < -0.39 is 17.9 Å². The van der Waals surface area contributed by atoms with Gasteiger partial charge in [0, 0.05) is 12.1 Å². The number of amides is 1. The number of carbonyl (C=O) groups is 2. The van der Waals surface area contributed by atoms with Crippen LogP contribution in [-0.4, -0.2) is 31.1 Å². The Hall–Kier alpha value is -2.11. The Labute approximate surface area is 128 Å². The Balaban J connectivity index is 1.94. The van der Waals surface area contributed by atoms with Crippen molar-refractivity contribution in [3.63, 3.8) is 0 Å². The van der Waals surface area contributed by atoms with Crippen LogP contribution in [0.3, 0.4) is 0 Å². The minimum absolute atomic E-state index is 0.145. The number of rotatable bonds is 5. The van der Waals surface area contributed by atoms with Crippen LogP contribution in [0.4, 0.5) is 4.39 Å². The first-order valence-electron chi connectivity index (χ1n) is 7.36. The number of methoxy groups -OCH3 is 1. The SMILES string of the molecule is COc1ccc(C(=O)O[C@H](C)C(=O)NC2CCCC2)c(F)c1. The Morgan fingerprint density at radius 1 is 1.32 bits per heavy atom. The smallest absolute Gasteiger partial charge is 0.341 e. The summed E-state index contributed by atoms with van der Waals surface area (Å²) in [5.41, 5.74) is -0.221. The van der Waals surface area contributed by atoms with Gasteiger partial charge in [0.1, 0.15) is 11.6 Å². The number of hydrogen-bond donors (Lipinski definition) is 1. The first kappa shape index (κ1) is 16.3. The topological polar surface area (TPSA) is 64.6 Å². The van der Waals surface area contributed by atoms with E-state index in [-0.39, 0.29) is 17.5 Å². The van der Waals surface area contributed by atoms with Gasteiger partial charge in [0.25, 0.3) is 5.91 Å². The van der Waals surface area contributed by atoms with E-state index in [4.69, 9.17) is 9.47 Å². The number of benzene rings is 1. The number of halogens is 1. The Bertz CT molecular complexity index is 555. The van der Waals surface area contributed by atoms with Crippen molar-refractivity contribution in [1.82, 2.24) is 5.32 Å². The van der Waals surface area contributed by atoms with Gasteiger partial charge in [-0.1, -0.05) is 12.8 Å². The first-order valence-corrected chi connectivity index (χ1v) is 7.36. The fourth-order valence-electron chi connectivity index (χ4n) is 2.45. The van der Waals surface area contributed by atoms with Crippen molar-refractivity contribution in [3.8, 4) is 5.75 Å². The van der Waals surface area contributed by atoms with Crippen molar-refractivity contribution in [2.45, 2.75) is 44.8 Å². The molecule has 6 heteroatoms. The largest absolute Gasteiger partial charge is 0.497 e. The highest BCUT2D eigenvalue weighted by molar-refractivity contribution is 5.92. The van der Waals surface area contributed by atoms with Gasteiger partial charge in [-0.15, -0.1) is 0 Å². The summed E-state index contributed by atoms with van der Waals surface area (Å²) in [6.07, 6.45) is 3.11. The predicted molar refractivity (Wildman–Crippen MR) is 78.2 cm³/mol. The maximum Gasteiger partial charge on any atom is 0.341 e. The molecular weight excluding hydrogens is 289 g/mol. The van der Waals surface area contributed by atoms with Gasteiger partial charge in [-0.3, -0.25) is 4.79 Å². The van der Waals surface area contributed by atoms with Crippen LogP contribution in [0.2, 0.25) is 0 Å². The zero-order chi connectivity index (χ0) is 16.1. The summed E-state index contributed by atoms with van der Waals surface area (Å²) in [5.74, 6) is -1.66. The van der Waals surface area contributed by atoms with E-state index in [9.17, 15) is 14.0 Å². The molecule has 22 heavy (non-hydrogen) atoms. The molecule has 5 nitrogen and oxygen atoms in total. The van der Waals surface area contributed by atoms with Gasteiger partial charge in [0.15, 0.2) is 6.10 Å². The lowest BCUT2D eigenvalue weighted by Crippen LogP contribution is -2.40. The highest BCUT2D eigenvalue weighted by Crippen LogP contribution is 2.19. The van der Waals surface area contributed by atoms with E-state index in [0.717, 1.165) is 31.7 Å². The summed E-state index contributed by atoms with van der Waals surface area (Å²) < 4.78 is 23.7. The lowest BCUT2D eigenvalue weighted by Gasteiger charge is -2.17. The second kappa shape index (κ2) is 7.24. The molecule has 1 fully saturated rings. The van der Waals surface area contributed by atoms with Gasteiger partial charge in [0.05, 0.1) is 12.7 Å². The zero-order valence-electron chi connectivity index (χ0n) is 12.7. The molecule has 0 aliphatic heterocycles. The van der Waals surface area contributed by atoms with Crippen molar-refractivity contribution in [2.24, 2.45) is 0 Å². The minimum atomic E-state index is -0.963. The van der Waals surface area contributed by atoms with E-state index >= 15 is 0 Å². The maximum absolute atomic E-state index is 13.8. The second-order valence-electron chi connectivity index (χ2n) is 5.38. The Kier molecular flexibility index (Phi) is 5.35. The van der Waals surface area contributed by atoms with Gasteiger partial charge < -0.3 is 14.8 Å². The fourth-order valence-corrected chi connectivity index (χ4v) is 2.45. The van der Waals surface area contributed by atoms with Gasteiger partial charge >= 0.3 is 5.97 Å². The van der Waals surface area contributed by atoms with E-state index in [2.05, 4.69) is 5.32 Å². The molecule has 1 saturated carbocycles. The zero-order valence-corrected chi connectivity index (χ0v) is 12.7. The lowest BCUT2D eigenvalue weighted by molar-refractivity contribution is -0.129. The molecule has 1 aromatic carbocycles. The van der Waals surface area contributed by atoms with Crippen molar-refractivity contribution in [3.05, 3.63) is 29.6 Å². The monoisotopic (exact) mass is 309 g/mol. The van der Waals surface area contributed by atoms with E-state index in [1.807, 2.05) is 0 Å². The maximum atomic E-state index is 13.8. The molecule has 0 unspecified atom stereocenters. The molecule has 2 rings (SSSR count). The van der Waals surface area contributed by atoms with Crippen LogP contribution in [0, 0.1) is 5.82 Å². The third-order valence-electron chi connectivity index (χ3n) is 3.75. The second-order valence-corrected chi connectivity index (χ2v) is 5.38. The van der Waals surface area contributed by atoms with Crippen LogP contribution >= 0.6 is 0 Å². The summed E-state index contributed by atoms with van der Waals surface area (Å²) >= 11 is 0. The van der Waals surface area contributed by atoms with Crippen molar-refractivity contribution < 1.29 is 23.5 Å². The van der Waals surface area contributed by atoms with Crippen molar-refractivity contribution in [2.75, 3.05) is 7.11 Å². The first-order chi connectivity index (χ1) is 10.5. The normalized spacial score (nSPS) is 16.1. The predicted octanol–water partition coefficient (Wildman–Crippen LogP) is 2.44. The summed E-state index contributed by atoms with van der Waals surface area (Å²) in [6, 6.07) is 3.98. The third kappa shape index (κ3) is 3.96. The van der Waals surface area contributed by atoms with Crippen LogP contribution in [0.15, 0.2) is 18.2 Å². The molecule has 0 heterocycles. The molecule has 1 aromatic rings. The summed E-state index contributed by atoms with van der Waals surface area (Å²) in [5, 5.41) is 2.84. The molecule has 0 radical (unpaired) electrons. The van der Waals surface area contributed by atoms with Crippen LogP contribution < -0.4 is 10.1 Å². The van der Waals surface area contributed by atoms with E-state index in [0.29, 0.717) is 5.75 Å². The lowest BCUT2D eigenvalue weighted by atomic mass is 10.2. The van der Waals surface area contributed by atoms with E-state index in [1.54, 1.807) is 0 Å². The quantitative estimate of drug-likeness (QED) is 0.849. The van der Waals surface area contributed by atoms with Gasteiger partial charge in [-0.05, 0) is 31.9 Å².